The van der Waals surface area contributed by atoms with Crippen LogP contribution in [0.1, 0.15) is 18.7 Å². The summed E-state index contributed by atoms with van der Waals surface area (Å²) in [4.78, 5) is 5.49. The normalized spacial score (nSPS) is 24.1. The summed E-state index contributed by atoms with van der Waals surface area (Å²) in [6, 6.07) is 0.567. The van der Waals surface area contributed by atoms with Gasteiger partial charge in [-0.2, -0.15) is 22.5 Å². The van der Waals surface area contributed by atoms with Crippen molar-refractivity contribution in [2.75, 3.05) is 31.2 Å². The molecule has 0 bridgehead atoms. The van der Waals surface area contributed by atoms with E-state index in [-0.39, 0.29) is 6.04 Å². The smallest absolute Gasteiger partial charge is 0.377 e. The van der Waals surface area contributed by atoms with Crippen LogP contribution < -0.4 is 10.2 Å². The molecule has 0 spiro atoms. The molecule has 1 unspecified atom stereocenters. The number of anilines is 1. The molecule has 1 saturated heterocycles. The fourth-order valence-corrected chi connectivity index (χ4v) is 2.90. The monoisotopic (exact) mass is 308 g/mol. The van der Waals surface area contributed by atoms with Gasteiger partial charge in [-0.3, -0.25) is 0 Å². The molecule has 5 nitrogen and oxygen atoms in total. The number of nitrogens with zero attached hydrogens (tertiary/aromatic N) is 3. The molecular formula is C11H15F3N4OS. The van der Waals surface area contributed by atoms with Crippen LogP contribution in [-0.2, 0) is 10.9 Å². The van der Waals surface area contributed by atoms with Gasteiger partial charge < -0.3 is 15.0 Å². The fourth-order valence-electron chi connectivity index (χ4n) is 2.11. The van der Waals surface area contributed by atoms with E-state index < -0.39 is 12.0 Å². The molecule has 0 amide bonds. The number of nitrogens with one attached hydrogen (secondary N) is 1. The van der Waals surface area contributed by atoms with Crippen molar-refractivity contribution < 1.29 is 17.9 Å². The molecule has 1 aliphatic carbocycles. The van der Waals surface area contributed by atoms with Gasteiger partial charge in [0.1, 0.15) is 0 Å². The zero-order valence-electron chi connectivity index (χ0n) is 10.7. The van der Waals surface area contributed by atoms with E-state index in [0.29, 0.717) is 37.5 Å². The Morgan fingerprint density at radius 1 is 1.40 bits per heavy atom. The first-order valence-corrected chi connectivity index (χ1v) is 7.30. The molecule has 1 aromatic rings. The largest absolute Gasteiger partial charge is 0.452 e. The van der Waals surface area contributed by atoms with Gasteiger partial charge in [-0.05, 0) is 12.8 Å². The third kappa shape index (κ3) is 3.21. The maximum atomic E-state index is 12.6. The zero-order valence-corrected chi connectivity index (χ0v) is 11.5. The average Bonchev–Trinajstić information content (AvgIpc) is 3.09. The van der Waals surface area contributed by atoms with E-state index in [9.17, 15) is 13.2 Å². The van der Waals surface area contributed by atoms with Gasteiger partial charge in [0.05, 0.1) is 19.3 Å². The van der Waals surface area contributed by atoms with Crippen LogP contribution in [0.3, 0.4) is 0 Å². The Hall–Kier alpha value is -0.930. The molecule has 0 radical (unpaired) electrons. The Bertz CT molecular complexity index is 463. The summed E-state index contributed by atoms with van der Waals surface area (Å²) in [5, 5.41) is 3.70. The van der Waals surface area contributed by atoms with E-state index >= 15 is 0 Å². The summed E-state index contributed by atoms with van der Waals surface area (Å²) in [5.74, 6) is -1.06. The summed E-state index contributed by atoms with van der Waals surface area (Å²) in [7, 11) is 0. The number of hydrogen-bond acceptors (Lipinski definition) is 6. The van der Waals surface area contributed by atoms with Crippen molar-refractivity contribution in [1.29, 1.82) is 0 Å². The molecule has 1 saturated carbocycles. The number of halogens is 3. The van der Waals surface area contributed by atoms with Gasteiger partial charge in [0.25, 0.3) is 0 Å². The molecule has 1 aliphatic heterocycles. The van der Waals surface area contributed by atoms with E-state index in [2.05, 4.69) is 14.7 Å². The molecule has 2 fully saturated rings. The van der Waals surface area contributed by atoms with Gasteiger partial charge in [-0.1, -0.05) is 0 Å². The van der Waals surface area contributed by atoms with Crippen LogP contribution in [0.5, 0.6) is 0 Å². The topological polar surface area (TPSA) is 50.3 Å². The third-order valence-electron chi connectivity index (χ3n) is 3.36. The van der Waals surface area contributed by atoms with E-state index in [4.69, 9.17) is 4.74 Å². The molecule has 3 rings (SSSR count). The summed E-state index contributed by atoms with van der Waals surface area (Å²) in [6.45, 7) is 2.25. The first-order valence-electron chi connectivity index (χ1n) is 6.53. The summed E-state index contributed by atoms with van der Waals surface area (Å²) >= 11 is 0.798. The highest BCUT2D eigenvalue weighted by atomic mass is 32.1. The molecule has 112 valence electrons. The molecule has 2 aliphatic rings. The zero-order chi connectivity index (χ0) is 14.2. The lowest BCUT2D eigenvalue weighted by atomic mass is 10.2. The van der Waals surface area contributed by atoms with Gasteiger partial charge in [-0.15, -0.1) is 0 Å². The van der Waals surface area contributed by atoms with Crippen LogP contribution in [0.2, 0.25) is 0 Å². The average molecular weight is 308 g/mol. The quantitative estimate of drug-likeness (QED) is 0.914. The van der Waals surface area contributed by atoms with Crippen LogP contribution >= 0.6 is 11.5 Å². The Balaban J connectivity index is 1.69. The number of rotatable bonds is 4. The molecule has 1 atom stereocenters. The predicted octanol–water partition coefficient (Wildman–Crippen LogP) is 1.51. The minimum atomic E-state index is -4.48. The van der Waals surface area contributed by atoms with Crippen molar-refractivity contribution >= 4 is 16.7 Å². The van der Waals surface area contributed by atoms with Gasteiger partial charge in [0, 0.05) is 30.7 Å². The first-order chi connectivity index (χ1) is 9.54. The number of alkyl halides is 3. The first kappa shape index (κ1) is 14.0. The fraction of sp³-hybridized carbons (Fsp3) is 0.818. The molecule has 2 heterocycles. The van der Waals surface area contributed by atoms with Gasteiger partial charge in [-0.25, -0.2) is 0 Å². The van der Waals surface area contributed by atoms with Crippen molar-refractivity contribution in [3.05, 3.63) is 5.82 Å². The van der Waals surface area contributed by atoms with Crippen molar-refractivity contribution in [3.63, 3.8) is 0 Å². The molecule has 1 N–H and O–H groups in total. The van der Waals surface area contributed by atoms with Crippen molar-refractivity contribution in [2.45, 2.75) is 31.1 Å². The van der Waals surface area contributed by atoms with Crippen molar-refractivity contribution in [3.8, 4) is 0 Å². The Morgan fingerprint density at radius 3 is 2.85 bits per heavy atom. The second-order valence-corrected chi connectivity index (χ2v) is 5.73. The number of ether oxygens (including phenoxy) is 1. The third-order valence-corrected chi connectivity index (χ3v) is 4.11. The van der Waals surface area contributed by atoms with Gasteiger partial charge >= 0.3 is 6.18 Å². The summed E-state index contributed by atoms with van der Waals surface area (Å²) < 4.78 is 46.5. The van der Waals surface area contributed by atoms with Crippen molar-refractivity contribution in [1.82, 2.24) is 14.7 Å². The lowest BCUT2D eigenvalue weighted by molar-refractivity contribution is -0.144. The lowest BCUT2D eigenvalue weighted by Gasteiger charge is -2.35. The predicted molar refractivity (Wildman–Crippen MR) is 67.9 cm³/mol. The maximum absolute atomic E-state index is 12.6. The Kier molecular flexibility index (Phi) is 3.83. The van der Waals surface area contributed by atoms with Crippen LogP contribution in [0, 0.1) is 0 Å². The number of hydrogen-bond donors (Lipinski definition) is 1. The minimum Gasteiger partial charge on any atom is -0.377 e. The van der Waals surface area contributed by atoms with Gasteiger partial charge in [0.15, 0.2) is 0 Å². The van der Waals surface area contributed by atoms with E-state index in [1.54, 1.807) is 0 Å². The number of aromatic nitrogens is 2. The van der Waals surface area contributed by atoms with Crippen LogP contribution in [-0.4, -0.2) is 47.7 Å². The standard InChI is InChI=1S/C11H15F3N4OS/c12-11(13,14)9-16-10(20-17-9)18-3-4-19-6-8(18)5-15-7-1-2-7/h7-8,15H,1-6H2. The Morgan fingerprint density at radius 2 is 2.20 bits per heavy atom. The maximum Gasteiger partial charge on any atom is 0.452 e. The van der Waals surface area contributed by atoms with Crippen LogP contribution in [0.25, 0.3) is 0 Å². The number of morpholine rings is 1. The summed E-state index contributed by atoms with van der Waals surface area (Å²) in [6.07, 6.45) is -2.14. The summed E-state index contributed by atoms with van der Waals surface area (Å²) in [5.41, 5.74) is 0. The van der Waals surface area contributed by atoms with E-state index in [1.807, 2.05) is 4.90 Å². The van der Waals surface area contributed by atoms with E-state index in [1.165, 1.54) is 12.8 Å². The van der Waals surface area contributed by atoms with E-state index in [0.717, 1.165) is 11.5 Å². The molecule has 1 aromatic heterocycles. The molecule has 20 heavy (non-hydrogen) atoms. The molecule has 9 heteroatoms. The van der Waals surface area contributed by atoms with Gasteiger partial charge in [0.2, 0.25) is 11.0 Å². The molecular weight excluding hydrogens is 293 g/mol. The highest BCUT2D eigenvalue weighted by Gasteiger charge is 2.37. The second kappa shape index (κ2) is 5.45. The lowest BCUT2D eigenvalue weighted by Crippen LogP contribution is -2.51. The second-order valence-electron chi connectivity index (χ2n) is 5.00. The van der Waals surface area contributed by atoms with Crippen LogP contribution in [0.4, 0.5) is 18.3 Å². The highest BCUT2D eigenvalue weighted by Crippen LogP contribution is 2.31. The Labute approximate surface area is 118 Å². The minimum absolute atomic E-state index is 0.0124. The van der Waals surface area contributed by atoms with Crippen molar-refractivity contribution in [2.24, 2.45) is 0 Å². The molecule has 0 aromatic carbocycles. The SMILES string of the molecule is FC(F)(F)c1nsc(N2CCOCC2CNC2CC2)n1. The highest BCUT2D eigenvalue weighted by molar-refractivity contribution is 7.09. The van der Waals surface area contributed by atoms with Crippen LogP contribution in [0.15, 0.2) is 0 Å².